The van der Waals surface area contributed by atoms with Crippen LogP contribution in [0.5, 0.6) is 28.7 Å². The number of hydrogen-bond donors (Lipinski definition) is 1. The van der Waals surface area contributed by atoms with Crippen molar-refractivity contribution in [2.24, 2.45) is 0 Å². The zero-order valence-corrected chi connectivity index (χ0v) is 18.3. The zero-order chi connectivity index (χ0) is 22.3. The van der Waals surface area contributed by atoms with Crippen LogP contribution < -0.4 is 29.4 Å². The molecule has 0 aliphatic carbocycles. The zero-order valence-electron chi connectivity index (χ0n) is 18.3. The lowest BCUT2D eigenvalue weighted by atomic mass is 9.96. The van der Waals surface area contributed by atoms with Crippen molar-refractivity contribution in [1.29, 1.82) is 0 Å². The number of methoxy groups -OCH3 is 5. The highest BCUT2D eigenvalue weighted by atomic mass is 16.5. The summed E-state index contributed by atoms with van der Waals surface area (Å²) < 4.78 is 27.2. The van der Waals surface area contributed by atoms with Gasteiger partial charge < -0.3 is 29.4 Å². The fraction of sp³-hybridized carbons (Fsp3) is 0.348. The molecule has 2 aromatic carbocycles. The molecular formula is C23H29NO6. The van der Waals surface area contributed by atoms with Crippen LogP contribution in [0.25, 0.3) is 6.08 Å². The third-order valence-corrected chi connectivity index (χ3v) is 4.65. The maximum absolute atomic E-state index is 13.3. The van der Waals surface area contributed by atoms with Crippen LogP contribution in [0.15, 0.2) is 29.8 Å². The minimum atomic E-state index is -0.119. The molecular weight excluding hydrogens is 386 g/mol. The molecule has 0 aliphatic heterocycles. The van der Waals surface area contributed by atoms with Crippen LogP contribution in [0.3, 0.4) is 0 Å². The number of allylic oxidation sites excluding steroid dienone is 1. The number of hydrogen-bond acceptors (Lipinski definition) is 7. The fourth-order valence-corrected chi connectivity index (χ4v) is 3.21. The van der Waals surface area contributed by atoms with Gasteiger partial charge in [-0.05, 0) is 36.8 Å². The van der Waals surface area contributed by atoms with E-state index in [0.717, 1.165) is 6.42 Å². The van der Waals surface area contributed by atoms with Crippen molar-refractivity contribution in [3.05, 3.63) is 41.0 Å². The first kappa shape index (κ1) is 22.9. The van der Waals surface area contributed by atoms with Gasteiger partial charge in [0.2, 0.25) is 11.5 Å². The lowest BCUT2D eigenvalue weighted by molar-refractivity contribution is 0.103. The van der Waals surface area contributed by atoms with Crippen LogP contribution in [-0.2, 0) is 0 Å². The lowest BCUT2D eigenvalue weighted by Crippen LogP contribution is -2.06. The Bertz CT molecular complexity index is 936. The van der Waals surface area contributed by atoms with Gasteiger partial charge in [-0.25, -0.2) is 0 Å². The average Bonchev–Trinajstić information content (AvgIpc) is 2.77. The number of Topliss-reactive ketones (excluding diaryl/α,β-unsaturated/α-hetero) is 1. The maximum Gasteiger partial charge on any atom is 0.207 e. The molecule has 2 rings (SSSR count). The monoisotopic (exact) mass is 415 g/mol. The van der Waals surface area contributed by atoms with E-state index >= 15 is 0 Å². The van der Waals surface area contributed by atoms with Crippen LogP contribution in [0.2, 0.25) is 0 Å². The number of rotatable bonds is 10. The van der Waals surface area contributed by atoms with Crippen molar-refractivity contribution >= 4 is 17.5 Å². The molecule has 0 aliphatic rings. The smallest absolute Gasteiger partial charge is 0.207 e. The first-order chi connectivity index (χ1) is 14.4. The number of nitrogens with two attached hydrogens (primary N) is 1. The topological polar surface area (TPSA) is 89.2 Å². The highest BCUT2D eigenvalue weighted by Crippen LogP contribution is 2.47. The van der Waals surface area contributed by atoms with Crippen molar-refractivity contribution in [1.82, 2.24) is 0 Å². The predicted molar refractivity (Wildman–Crippen MR) is 117 cm³/mol. The first-order valence-electron chi connectivity index (χ1n) is 9.51. The minimum Gasteiger partial charge on any atom is -0.495 e. The summed E-state index contributed by atoms with van der Waals surface area (Å²) in [6.45, 7) is 2.01. The summed E-state index contributed by atoms with van der Waals surface area (Å²) in [5, 5.41) is 0. The fourth-order valence-electron chi connectivity index (χ4n) is 3.21. The average molecular weight is 415 g/mol. The van der Waals surface area contributed by atoms with Gasteiger partial charge in [-0.15, -0.1) is 0 Å². The Morgan fingerprint density at radius 2 is 1.50 bits per heavy atom. The van der Waals surface area contributed by atoms with Gasteiger partial charge in [0.25, 0.3) is 0 Å². The summed E-state index contributed by atoms with van der Waals surface area (Å²) in [4.78, 5) is 13.3. The quantitative estimate of drug-likeness (QED) is 0.350. The second-order valence-corrected chi connectivity index (χ2v) is 6.47. The lowest BCUT2D eigenvalue weighted by Gasteiger charge is -2.18. The van der Waals surface area contributed by atoms with Crippen molar-refractivity contribution in [3.63, 3.8) is 0 Å². The molecule has 30 heavy (non-hydrogen) atoms. The summed E-state index contributed by atoms with van der Waals surface area (Å²) in [6, 6.07) is 6.76. The molecule has 0 saturated heterocycles. The number of ketones is 1. The second-order valence-electron chi connectivity index (χ2n) is 6.47. The summed E-state index contributed by atoms with van der Waals surface area (Å²) in [7, 11) is 7.63. The van der Waals surface area contributed by atoms with Crippen LogP contribution in [0.4, 0.5) is 5.69 Å². The van der Waals surface area contributed by atoms with Gasteiger partial charge >= 0.3 is 0 Å². The molecule has 2 aromatic rings. The van der Waals surface area contributed by atoms with Gasteiger partial charge in [-0.1, -0.05) is 13.3 Å². The molecule has 0 fully saturated rings. The van der Waals surface area contributed by atoms with E-state index in [1.54, 1.807) is 30.3 Å². The Morgan fingerprint density at radius 3 is 2.03 bits per heavy atom. The van der Waals surface area contributed by atoms with E-state index in [1.165, 1.54) is 35.5 Å². The van der Waals surface area contributed by atoms with Gasteiger partial charge in [0.15, 0.2) is 17.3 Å². The van der Waals surface area contributed by atoms with Crippen LogP contribution in [0, 0.1) is 0 Å². The second kappa shape index (κ2) is 10.4. The number of nitrogen functional groups attached to an aromatic ring is 1. The summed E-state index contributed by atoms with van der Waals surface area (Å²) >= 11 is 0. The molecule has 0 amide bonds. The molecule has 0 unspecified atom stereocenters. The number of anilines is 1. The molecule has 7 nitrogen and oxygen atoms in total. The first-order valence-corrected chi connectivity index (χ1v) is 9.51. The maximum atomic E-state index is 13.3. The Hall–Kier alpha value is -3.35. The highest BCUT2D eigenvalue weighted by Gasteiger charge is 2.22. The third kappa shape index (κ3) is 4.62. The number of ether oxygens (including phenoxy) is 5. The Kier molecular flexibility index (Phi) is 7.98. The minimum absolute atomic E-state index is 0.119. The summed E-state index contributed by atoms with van der Waals surface area (Å²) in [6.07, 6.45) is 3.15. The van der Waals surface area contributed by atoms with Crippen LogP contribution in [0.1, 0.15) is 35.7 Å². The van der Waals surface area contributed by atoms with Crippen LogP contribution >= 0.6 is 0 Å². The predicted octanol–water partition coefficient (Wildman–Crippen LogP) is 4.38. The molecule has 0 radical (unpaired) electrons. The molecule has 0 heterocycles. The van der Waals surface area contributed by atoms with Crippen molar-refractivity contribution in [2.75, 3.05) is 41.3 Å². The molecule has 7 heteroatoms. The van der Waals surface area contributed by atoms with Gasteiger partial charge in [0.1, 0.15) is 5.75 Å². The summed E-state index contributed by atoms with van der Waals surface area (Å²) in [5.74, 6) is 2.07. The Balaban J connectivity index is 2.65. The largest absolute Gasteiger partial charge is 0.495 e. The van der Waals surface area contributed by atoms with E-state index in [1.807, 2.05) is 6.92 Å². The van der Waals surface area contributed by atoms with Crippen molar-refractivity contribution < 1.29 is 28.5 Å². The summed E-state index contributed by atoms with van der Waals surface area (Å²) in [5.41, 5.74) is 8.10. The van der Waals surface area contributed by atoms with Gasteiger partial charge in [-0.2, -0.15) is 0 Å². The molecule has 162 valence electrons. The molecule has 0 atom stereocenters. The van der Waals surface area contributed by atoms with Gasteiger partial charge in [0.05, 0.1) is 41.2 Å². The van der Waals surface area contributed by atoms with E-state index in [0.29, 0.717) is 57.6 Å². The number of carbonyl (C=O) groups is 1. The molecule has 0 aromatic heterocycles. The SMILES string of the molecule is CCCC(=Cc1cc(OC)c(OC)c(OC)c1OC)C(=O)c1ccc(N)c(OC)c1. The van der Waals surface area contributed by atoms with E-state index in [2.05, 4.69) is 0 Å². The Morgan fingerprint density at radius 1 is 0.867 bits per heavy atom. The van der Waals surface area contributed by atoms with Crippen molar-refractivity contribution in [3.8, 4) is 28.7 Å². The van der Waals surface area contributed by atoms with Crippen LogP contribution in [-0.4, -0.2) is 41.3 Å². The van der Waals surface area contributed by atoms with E-state index in [9.17, 15) is 4.79 Å². The standard InChI is InChI=1S/C23H29NO6/c1-7-8-14(20(25)15-9-10-17(24)18(12-15)26-2)11-16-13-19(27-3)22(29-5)23(30-6)21(16)28-4/h9-13H,7-8,24H2,1-6H3. The molecule has 0 saturated carbocycles. The van der Waals surface area contributed by atoms with Gasteiger partial charge in [-0.3, -0.25) is 4.79 Å². The Labute approximate surface area is 177 Å². The molecule has 2 N–H and O–H groups in total. The number of carbonyl (C=O) groups excluding carboxylic acids is 1. The van der Waals surface area contributed by atoms with E-state index in [4.69, 9.17) is 29.4 Å². The number of benzene rings is 2. The van der Waals surface area contributed by atoms with Gasteiger partial charge in [0, 0.05) is 16.7 Å². The van der Waals surface area contributed by atoms with E-state index in [-0.39, 0.29) is 5.78 Å². The normalized spacial score (nSPS) is 11.1. The van der Waals surface area contributed by atoms with Crippen molar-refractivity contribution in [2.45, 2.75) is 19.8 Å². The highest BCUT2D eigenvalue weighted by molar-refractivity contribution is 6.12. The van der Waals surface area contributed by atoms with E-state index < -0.39 is 0 Å². The third-order valence-electron chi connectivity index (χ3n) is 4.65. The molecule has 0 bridgehead atoms. The molecule has 0 spiro atoms.